The molecule has 0 fully saturated rings. The molecule has 3 nitrogen and oxygen atoms in total. The van der Waals surface area contributed by atoms with Crippen molar-refractivity contribution in [1.29, 1.82) is 5.26 Å². The summed E-state index contributed by atoms with van der Waals surface area (Å²) in [6.45, 7) is 1.26. The minimum atomic E-state index is -5.05. The Labute approximate surface area is 98.8 Å². The maximum absolute atomic E-state index is 12.7. The quantitative estimate of drug-likeness (QED) is 0.788. The zero-order valence-electron chi connectivity index (χ0n) is 9.05. The first-order chi connectivity index (χ1) is 8.24. The number of nitrogens with zero attached hydrogens (tertiary/aromatic N) is 2. The van der Waals surface area contributed by atoms with Crippen molar-refractivity contribution in [2.24, 2.45) is 0 Å². The summed E-state index contributed by atoms with van der Waals surface area (Å²) in [5, 5.41) is 8.46. The van der Waals surface area contributed by atoms with Crippen molar-refractivity contribution in [3.63, 3.8) is 0 Å². The number of hydrogen-bond acceptors (Lipinski definition) is 3. The normalized spacial score (nSPS) is 11.4. The first-order valence-corrected chi connectivity index (χ1v) is 4.66. The summed E-state index contributed by atoms with van der Waals surface area (Å²) >= 11 is 0. The van der Waals surface area contributed by atoms with Crippen molar-refractivity contribution in [2.75, 3.05) is 0 Å². The number of nitriles is 1. The van der Waals surface area contributed by atoms with Gasteiger partial charge in [-0.05, 0) is 13.0 Å². The van der Waals surface area contributed by atoms with Crippen LogP contribution < -0.4 is 4.74 Å². The number of pyridine rings is 1. The Hall–Kier alpha value is -1.91. The first kappa shape index (κ1) is 14.2. The number of rotatable bonds is 3. The van der Waals surface area contributed by atoms with Crippen LogP contribution >= 0.6 is 0 Å². The SMILES string of the molecule is Cc1cc(C(F)F)c(CC#N)c(OC(F)(F)F)n1. The van der Waals surface area contributed by atoms with Gasteiger partial charge in [0.15, 0.2) is 0 Å². The molecule has 18 heavy (non-hydrogen) atoms. The van der Waals surface area contributed by atoms with E-state index in [1.54, 1.807) is 0 Å². The third-order valence-electron chi connectivity index (χ3n) is 1.95. The number of alkyl halides is 5. The van der Waals surface area contributed by atoms with E-state index < -0.39 is 36.2 Å². The van der Waals surface area contributed by atoms with Crippen molar-refractivity contribution in [2.45, 2.75) is 26.1 Å². The molecule has 0 bridgehead atoms. The molecular formula is C10H7F5N2O. The van der Waals surface area contributed by atoms with E-state index in [1.165, 1.54) is 13.0 Å². The minimum Gasteiger partial charge on any atom is -0.388 e. The fraction of sp³-hybridized carbons (Fsp3) is 0.400. The third-order valence-corrected chi connectivity index (χ3v) is 1.95. The van der Waals surface area contributed by atoms with Gasteiger partial charge in [-0.3, -0.25) is 0 Å². The maximum atomic E-state index is 12.7. The molecule has 0 amide bonds. The van der Waals surface area contributed by atoms with E-state index in [4.69, 9.17) is 5.26 Å². The molecule has 0 aliphatic carbocycles. The van der Waals surface area contributed by atoms with Gasteiger partial charge in [0.05, 0.1) is 12.5 Å². The summed E-state index contributed by atoms with van der Waals surface area (Å²) < 4.78 is 65.2. The molecule has 0 atom stereocenters. The van der Waals surface area contributed by atoms with E-state index >= 15 is 0 Å². The molecule has 0 aliphatic heterocycles. The second kappa shape index (κ2) is 5.16. The maximum Gasteiger partial charge on any atom is 0.574 e. The minimum absolute atomic E-state index is 0.0498. The molecular weight excluding hydrogens is 259 g/mol. The van der Waals surface area contributed by atoms with Crippen LogP contribution in [-0.2, 0) is 6.42 Å². The summed E-state index contributed by atoms with van der Waals surface area (Å²) in [5.74, 6) is -1.00. The van der Waals surface area contributed by atoms with Crippen LogP contribution in [0.1, 0.15) is 23.2 Å². The monoisotopic (exact) mass is 266 g/mol. The molecule has 0 N–H and O–H groups in total. The van der Waals surface area contributed by atoms with Crippen LogP contribution in [0, 0.1) is 18.3 Å². The molecule has 1 aromatic rings. The Bertz CT molecular complexity index is 478. The van der Waals surface area contributed by atoms with E-state index in [2.05, 4.69) is 9.72 Å². The summed E-state index contributed by atoms with van der Waals surface area (Å²) in [5.41, 5.74) is -1.27. The van der Waals surface area contributed by atoms with Crippen LogP contribution in [0.25, 0.3) is 0 Å². The molecule has 0 aromatic carbocycles. The van der Waals surface area contributed by atoms with E-state index in [0.29, 0.717) is 0 Å². The van der Waals surface area contributed by atoms with Gasteiger partial charge in [0, 0.05) is 16.8 Å². The van der Waals surface area contributed by atoms with E-state index in [9.17, 15) is 22.0 Å². The Morgan fingerprint density at radius 2 is 2.06 bits per heavy atom. The van der Waals surface area contributed by atoms with Crippen molar-refractivity contribution < 1.29 is 26.7 Å². The molecule has 0 unspecified atom stereocenters. The van der Waals surface area contributed by atoms with Crippen LogP contribution in [0.3, 0.4) is 0 Å². The van der Waals surface area contributed by atoms with Gasteiger partial charge in [-0.1, -0.05) is 0 Å². The predicted molar refractivity (Wildman–Crippen MR) is 49.9 cm³/mol. The summed E-state index contributed by atoms with van der Waals surface area (Å²) in [6.07, 6.45) is -8.70. The first-order valence-electron chi connectivity index (χ1n) is 4.66. The van der Waals surface area contributed by atoms with Gasteiger partial charge < -0.3 is 4.74 Å². The number of halogens is 5. The van der Waals surface area contributed by atoms with Crippen LogP contribution in [0.2, 0.25) is 0 Å². The van der Waals surface area contributed by atoms with Gasteiger partial charge >= 0.3 is 6.36 Å². The van der Waals surface area contributed by atoms with E-state index in [-0.39, 0.29) is 5.69 Å². The lowest BCUT2D eigenvalue weighted by atomic mass is 10.1. The fourth-order valence-electron chi connectivity index (χ4n) is 1.34. The molecule has 8 heteroatoms. The van der Waals surface area contributed by atoms with Gasteiger partial charge in [-0.2, -0.15) is 5.26 Å². The Balaban J connectivity index is 3.34. The van der Waals surface area contributed by atoms with Gasteiger partial charge in [-0.15, -0.1) is 13.2 Å². The Morgan fingerprint density at radius 3 is 2.50 bits per heavy atom. The van der Waals surface area contributed by atoms with Crippen LogP contribution in [0.4, 0.5) is 22.0 Å². The molecule has 0 saturated heterocycles. The average molecular weight is 266 g/mol. The zero-order chi connectivity index (χ0) is 13.9. The highest BCUT2D eigenvalue weighted by Crippen LogP contribution is 2.32. The standard InChI is InChI=1S/C10H7F5N2O/c1-5-4-7(8(11)12)6(2-3-16)9(17-5)18-10(13,14)15/h4,8H,2H2,1H3. The number of ether oxygens (including phenoxy) is 1. The lowest BCUT2D eigenvalue weighted by molar-refractivity contribution is -0.276. The fourth-order valence-corrected chi connectivity index (χ4v) is 1.34. The third kappa shape index (κ3) is 3.55. The Kier molecular flexibility index (Phi) is 4.06. The molecule has 0 radical (unpaired) electrons. The zero-order valence-corrected chi connectivity index (χ0v) is 9.05. The van der Waals surface area contributed by atoms with Crippen molar-refractivity contribution in [3.05, 3.63) is 22.9 Å². The molecule has 98 valence electrons. The smallest absolute Gasteiger partial charge is 0.388 e. The molecule has 1 aromatic heterocycles. The van der Waals surface area contributed by atoms with E-state index in [1.807, 2.05) is 0 Å². The molecule has 1 heterocycles. The molecule has 0 aliphatic rings. The number of aromatic nitrogens is 1. The predicted octanol–water partition coefficient (Wildman–Crippen LogP) is 3.29. The highest BCUT2D eigenvalue weighted by molar-refractivity contribution is 5.39. The number of aryl methyl sites for hydroxylation is 1. The second-order valence-electron chi connectivity index (χ2n) is 3.32. The lowest BCUT2D eigenvalue weighted by Crippen LogP contribution is -2.20. The van der Waals surface area contributed by atoms with Crippen LogP contribution in [-0.4, -0.2) is 11.3 Å². The summed E-state index contributed by atoms with van der Waals surface area (Å²) in [6, 6.07) is 2.44. The molecule has 0 spiro atoms. The summed E-state index contributed by atoms with van der Waals surface area (Å²) in [4.78, 5) is 3.39. The van der Waals surface area contributed by atoms with Gasteiger partial charge in [0.1, 0.15) is 0 Å². The highest BCUT2D eigenvalue weighted by Gasteiger charge is 2.34. The number of hydrogen-bond donors (Lipinski definition) is 0. The Morgan fingerprint density at radius 1 is 1.44 bits per heavy atom. The van der Waals surface area contributed by atoms with Crippen LogP contribution in [0.5, 0.6) is 5.88 Å². The van der Waals surface area contributed by atoms with E-state index in [0.717, 1.165) is 6.07 Å². The topological polar surface area (TPSA) is 45.9 Å². The lowest BCUT2D eigenvalue weighted by Gasteiger charge is -2.14. The largest absolute Gasteiger partial charge is 0.574 e. The van der Waals surface area contributed by atoms with Gasteiger partial charge in [-0.25, -0.2) is 13.8 Å². The second-order valence-corrected chi connectivity index (χ2v) is 3.32. The van der Waals surface area contributed by atoms with Gasteiger partial charge in [0.2, 0.25) is 5.88 Å². The van der Waals surface area contributed by atoms with Crippen molar-refractivity contribution in [1.82, 2.24) is 4.98 Å². The van der Waals surface area contributed by atoms with Crippen LogP contribution in [0.15, 0.2) is 6.07 Å². The molecule has 0 saturated carbocycles. The van der Waals surface area contributed by atoms with Gasteiger partial charge in [0.25, 0.3) is 6.43 Å². The van der Waals surface area contributed by atoms with Crippen molar-refractivity contribution in [3.8, 4) is 11.9 Å². The average Bonchev–Trinajstić information content (AvgIpc) is 2.19. The highest BCUT2D eigenvalue weighted by atomic mass is 19.4. The molecule has 1 rings (SSSR count). The van der Waals surface area contributed by atoms with Crippen molar-refractivity contribution >= 4 is 0 Å². The summed E-state index contributed by atoms with van der Waals surface area (Å²) in [7, 11) is 0.